The number of hydrogen-bond acceptors (Lipinski definition) is 3. The SMILES string of the molecule is CN(CCCNc1ccncc1Br)c1ccccc1. The first-order valence-corrected chi connectivity index (χ1v) is 7.16. The highest BCUT2D eigenvalue weighted by Gasteiger charge is 2.00. The van der Waals surface area contributed by atoms with Gasteiger partial charge in [-0.05, 0) is 40.5 Å². The molecule has 0 amide bonds. The van der Waals surface area contributed by atoms with Crippen LogP contribution in [0.4, 0.5) is 11.4 Å². The Morgan fingerprint density at radius 1 is 1.21 bits per heavy atom. The second-order valence-corrected chi connectivity index (χ2v) is 5.25. The number of rotatable bonds is 6. The summed E-state index contributed by atoms with van der Waals surface area (Å²) in [6.45, 7) is 1.97. The van der Waals surface area contributed by atoms with Gasteiger partial charge >= 0.3 is 0 Å². The predicted molar refractivity (Wildman–Crippen MR) is 84.8 cm³/mol. The van der Waals surface area contributed by atoms with Crippen LogP contribution in [0.3, 0.4) is 0 Å². The number of nitrogens with one attached hydrogen (secondary N) is 1. The molecule has 0 radical (unpaired) electrons. The van der Waals surface area contributed by atoms with E-state index in [2.05, 4.69) is 62.4 Å². The minimum absolute atomic E-state index is 0.944. The number of anilines is 2. The van der Waals surface area contributed by atoms with E-state index in [1.807, 2.05) is 12.1 Å². The number of pyridine rings is 1. The van der Waals surface area contributed by atoms with Crippen molar-refractivity contribution >= 4 is 27.3 Å². The van der Waals surface area contributed by atoms with Gasteiger partial charge in [-0.2, -0.15) is 0 Å². The van der Waals surface area contributed by atoms with Gasteiger partial charge in [-0.3, -0.25) is 4.98 Å². The Labute approximate surface area is 122 Å². The molecule has 0 aliphatic rings. The molecule has 0 spiro atoms. The van der Waals surface area contributed by atoms with Crippen molar-refractivity contribution < 1.29 is 0 Å². The topological polar surface area (TPSA) is 28.2 Å². The molecule has 4 heteroatoms. The summed E-state index contributed by atoms with van der Waals surface area (Å²) in [5.74, 6) is 0. The van der Waals surface area contributed by atoms with E-state index >= 15 is 0 Å². The number of para-hydroxylation sites is 1. The van der Waals surface area contributed by atoms with Gasteiger partial charge in [0.1, 0.15) is 0 Å². The third-order valence-corrected chi connectivity index (χ3v) is 3.59. The van der Waals surface area contributed by atoms with Crippen LogP contribution in [0, 0.1) is 0 Å². The monoisotopic (exact) mass is 319 g/mol. The van der Waals surface area contributed by atoms with Crippen LogP contribution in [0.2, 0.25) is 0 Å². The fourth-order valence-electron chi connectivity index (χ4n) is 1.87. The second-order valence-electron chi connectivity index (χ2n) is 4.39. The zero-order valence-corrected chi connectivity index (χ0v) is 12.6. The van der Waals surface area contributed by atoms with Gasteiger partial charge in [0, 0.05) is 38.2 Å². The largest absolute Gasteiger partial charge is 0.384 e. The molecule has 3 nitrogen and oxygen atoms in total. The van der Waals surface area contributed by atoms with Gasteiger partial charge in [-0.15, -0.1) is 0 Å². The fourth-order valence-corrected chi connectivity index (χ4v) is 2.26. The molecule has 1 aromatic carbocycles. The van der Waals surface area contributed by atoms with Crippen LogP contribution >= 0.6 is 15.9 Å². The van der Waals surface area contributed by atoms with Crippen molar-refractivity contribution in [3.05, 3.63) is 53.3 Å². The lowest BCUT2D eigenvalue weighted by molar-refractivity contribution is 0.816. The van der Waals surface area contributed by atoms with Crippen molar-refractivity contribution in [3.63, 3.8) is 0 Å². The Balaban J connectivity index is 1.74. The van der Waals surface area contributed by atoms with Gasteiger partial charge in [0.05, 0.1) is 10.2 Å². The lowest BCUT2D eigenvalue weighted by Gasteiger charge is -2.19. The fraction of sp³-hybridized carbons (Fsp3) is 0.267. The van der Waals surface area contributed by atoms with Crippen molar-refractivity contribution in [1.82, 2.24) is 4.98 Å². The number of nitrogens with zero attached hydrogens (tertiary/aromatic N) is 2. The Bertz CT molecular complexity index is 502. The maximum atomic E-state index is 4.05. The summed E-state index contributed by atoms with van der Waals surface area (Å²) in [4.78, 5) is 6.31. The zero-order valence-electron chi connectivity index (χ0n) is 11.0. The molecule has 0 fully saturated rings. The third kappa shape index (κ3) is 4.24. The predicted octanol–water partition coefficient (Wildman–Crippen LogP) is 3.78. The van der Waals surface area contributed by atoms with E-state index in [0.717, 1.165) is 29.7 Å². The number of benzene rings is 1. The smallest absolute Gasteiger partial charge is 0.0590 e. The van der Waals surface area contributed by atoms with Crippen molar-refractivity contribution in [3.8, 4) is 0 Å². The summed E-state index contributed by atoms with van der Waals surface area (Å²) in [6, 6.07) is 12.4. The number of hydrogen-bond donors (Lipinski definition) is 1. The van der Waals surface area contributed by atoms with E-state index in [1.165, 1.54) is 5.69 Å². The minimum atomic E-state index is 0.944. The maximum Gasteiger partial charge on any atom is 0.0590 e. The summed E-state index contributed by atoms with van der Waals surface area (Å²) in [5.41, 5.74) is 2.35. The first kappa shape index (κ1) is 13.9. The van der Waals surface area contributed by atoms with Gasteiger partial charge in [0.15, 0.2) is 0 Å². The van der Waals surface area contributed by atoms with Crippen LogP contribution in [0.25, 0.3) is 0 Å². The van der Waals surface area contributed by atoms with Gasteiger partial charge < -0.3 is 10.2 Å². The molecule has 0 aliphatic heterocycles. The molecule has 0 aliphatic carbocycles. The first-order valence-electron chi connectivity index (χ1n) is 6.37. The second kappa shape index (κ2) is 7.14. The van der Waals surface area contributed by atoms with Crippen molar-refractivity contribution in [2.75, 3.05) is 30.4 Å². The average molecular weight is 320 g/mol. The molecule has 0 saturated heterocycles. The minimum Gasteiger partial charge on any atom is -0.384 e. The van der Waals surface area contributed by atoms with E-state index in [4.69, 9.17) is 0 Å². The molecule has 19 heavy (non-hydrogen) atoms. The highest BCUT2D eigenvalue weighted by molar-refractivity contribution is 9.10. The molecule has 0 saturated carbocycles. The Morgan fingerprint density at radius 2 is 2.00 bits per heavy atom. The van der Waals surface area contributed by atoms with Crippen LogP contribution in [-0.4, -0.2) is 25.1 Å². The Hall–Kier alpha value is -1.55. The molecule has 0 atom stereocenters. The molecule has 0 unspecified atom stereocenters. The number of aromatic nitrogens is 1. The van der Waals surface area contributed by atoms with Crippen LogP contribution in [-0.2, 0) is 0 Å². The van der Waals surface area contributed by atoms with Crippen molar-refractivity contribution in [2.24, 2.45) is 0 Å². The van der Waals surface area contributed by atoms with Crippen LogP contribution < -0.4 is 10.2 Å². The molecule has 2 aromatic rings. The summed E-state index contributed by atoms with van der Waals surface area (Å²) < 4.78 is 1.01. The Morgan fingerprint density at radius 3 is 2.74 bits per heavy atom. The van der Waals surface area contributed by atoms with Gasteiger partial charge in [-0.25, -0.2) is 0 Å². The normalized spacial score (nSPS) is 10.2. The summed E-state index contributed by atoms with van der Waals surface area (Å²) in [5, 5.41) is 3.41. The third-order valence-electron chi connectivity index (χ3n) is 2.96. The molecule has 2 rings (SSSR count). The summed E-state index contributed by atoms with van der Waals surface area (Å²) >= 11 is 3.48. The van der Waals surface area contributed by atoms with E-state index < -0.39 is 0 Å². The lowest BCUT2D eigenvalue weighted by Crippen LogP contribution is -2.20. The quantitative estimate of drug-likeness (QED) is 0.821. The molecule has 100 valence electrons. The van der Waals surface area contributed by atoms with E-state index in [0.29, 0.717) is 0 Å². The lowest BCUT2D eigenvalue weighted by atomic mass is 10.3. The van der Waals surface area contributed by atoms with Crippen LogP contribution in [0.1, 0.15) is 6.42 Å². The zero-order chi connectivity index (χ0) is 13.5. The van der Waals surface area contributed by atoms with Gasteiger partial charge in [-0.1, -0.05) is 18.2 Å². The van der Waals surface area contributed by atoms with Gasteiger partial charge in [0.2, 0.25) is 0 Å². The van der Waals surface area contributed by atoms with E-state index in [1.54, 1.807) is 12.4 Å². The van der Waals surface area contributed by atoms with Crippen LogP contribution in [0.5, 0.6) is 0 Å². The van der Waals surface area contributed by atoms with Crippen LogP contribution in [0.15, 0.2) is 53.3 Å². The summed E-state index contributed by atoms with van der Waals surface area (Å²) in [7, 11) is 2.12. The van der Waals surface area contributed by atoms with E-state index in [-0.39, 0.29) is 0 Å². The standard InChI is InChI=1S/C15H18BrN3/c1-19(13-6-3-2-4-7-13)11-5-9-18-15-8-10-17-12-14(15)16/h2-4,6-8,10,12H,5,9,11H2,1H3,(H,17,18). The Kier molecular flexibility index (Phi) is 5.21. The number of halogens is 1. The molecule has 0 bridgehead atoms. The maximum absolute atomic E-state index is 4.05. The van der Waals surface area contributed by atoms with E-state index in [9.17, 15) is 0 Å². The summed E-state index contributed by atoms with van der Waals surface area (Å²) in [6.07, 6.45) is 4.68. The highest BCUT2D eigenvalue weighted by atomic mass is 79.9. The van der Waals surface area contributed by atoms with Crippen molar-refractivity contribution in [1.29, 1.82) is 0 Å². The highest BCUT2D eigenvalue weighted by Crippen LogP contribution is 2.19. The van der Waals surface area contributed by atoms with Gasteiger partial charge in [0.25, 0.3) is 0 Å². The average Bonchev–Trinajstić information content (AvgIpc) is 2.46. The molecular formula is C15H18BrN3. The molecule has 1 heterocycles. The molecular weight excluding hydrogens is 302 g/mol. The molecule has 1 aromatic heterocycles. The first-order chi connectivity index (χ1) is 9.27. The van der Waals surface area contributed by atoms with Crippen molar-refractivity contribution in [2.45, 2.75) is 6.42 Å². The molecule has 1 N–H and O–H groups in total.